The van der Waals surface area contributed by atoms with E-state index in [0.29, 0.717) is 22.7 Å². The molecule has 0 saturated carbocycles. The highest BCUT2D eigenvalue weighted by atomic mass is 19.1. The highest BCUT2D eigenvalue weighted by Gasteiger charge is 2.45. The summed E-state index contributed by atoms with van der Waals surface area (Å²) in [5.41, 5.74) is 10.9. The average molecular weight is 540 g/mol. The number of amides is 1. The Morgan fingerprint density at radius 3 is 2.55 bits per heavy atom. The molecule has 0 radical (unpaired) electrons. The molecular formula is C28H26FN9O2. The Morgan fingerprint density at radius 1 is 1.07 bits per heavy atom. The summed E-state index contributed by atoms with van der Waals surface area (Å²) in [5.74, 6) is 0.583. The van der Waals surface area contributed by atoms with E-state index >= 15 is 0 Å². The van der Waals surface area contributed by atoms with Crippen LogP contribution >= 0.6 is 0 Å². The number of aromatic nitrogens is 7. The molecule has 3 atom stereocenters. The Balaban J connectivity index is 1.17. The molecule has 7 rings (SSSR count). The molecule has 2 aliphatic rings. The number of anilines is 1. The number of rotatable bonds is 5. The third kappa shape index (κ3) is 3.94. The normalized spacial score (nSPS) is 20.2. The minimum absolute atomic E-state index is 0.0993. The van der Waals surface area contributed by atoms with Crippen molar-refractivity contribution in [3.63, 3.8) is 0 Å². The molecule has 2 fully saturated rings. The zero-order valence-electron chi connectivity index (χ0n) is 21.7. The highest BCUT2D eigenvalue weighted by Crippen LogP contribution is 2.43. The van der Waals surface area contributed by atoms with E-state index in [2.05, 4.69) is 25.3 Å². The average Bonchev–Trinajstić information content (AvgIpc) is 3.71. The first-order valence-corrected chi connectivity index (χ1v) is 13.1. The van der Waals surface area contributed by atoms with Gasteiger partial charge in [0.1, 0.15) is 12.1 Å². The van der Waals surface area contributed by atoms with Crippen LogP contribution in [0.5, 0.6) is 5.75 Å². The number of hydrogen-bond acceptors (Lipinski definition) is 8. The Morgan fingerprint density at radius 2 is 1.88 bits per heavy atom. The van der Waals surface area contributed by atoms with Crippen molar-refractivity contribution >= 4 is 17.4 Å². The lowest BCUT2D eigenvalue weighted by Crippen LogP contribution is -2.46. The number of aromatic amines is 1. The molecule has 2 saturated heterocycles. The molecule has 4 aromatic heterocycles. The van der Waals surface area contributed by atoms with Gasteiger partial charge >= 0.3 is 0 Å². The van der Waals surface area contributed by atoms with Crippen LogP contribution in [0.25, 0.3) is 28.0 Å². The molecule has 2 aliphatic heterocycles. The van der Waals surface area contributed by atoms with Crippen molar-refractivity contribution in [3.05, 3.63) is 72.5 Å². The van der Waals surface area contributed by atoms with Gasteiger partial charge in [-0.3, -0.25) is 14.9 Å². The van der Waals surface area contributed by atoms with E-state index in [9.17, 15) is 9.18 Å². The maximum absolute atomic E-state index is 14.2. The Labute approximate surface area is 228 Å². The van der Waals surface area contributed by atoms with Crippen LogP contribution in [0, 0.1) is 5.82 Å². The van der Waals surface area contributed by atoms with Crippen LogP contribution in [0.4, 0.5) is 10.2 Å². The number of methoxy groups -OCH3 is 1. The van der Waals surface area contributed by atoms with Gasteiger partial charge in [0.2, 0.25) is 5.82 Å². The topological polar surface area (TPSA) is 140 Å². The molecule has 11 nitrogen and oxygen atoms in total. The second-order valence-corrected chi connectivity index (χ2v) is 10.3. The van der Waals surface area contributed by atoms with Gasteiger partial charge in [-0.1, -0.05) is 6.07 Å². The number of hydrogen-bond donors (Lipinski definition) is 2. The third-order valence-electron chi connectivity index (χ3n) is 8.04. The van der Waals surface area contributed by atoms with Gasteiger partial charge in [0.25, 0.3) is 5.91 Å². The largest absolute Gasteiger partial charge is 0.494 e. The number of fused-ring (bicyclic) bond motifs is 3. The molecule has 202 valence electrons. The number of nitrogens with one attached hydrogen (secondary N) is 1. The standard InChI is InChI=1S/C28H26FN9O2/c1-40-24-7-3-15(10-21(24)29)22-6-2-16(12-31-22)20-13-34-38-25(30)11-23(35-27(20)38)17-8-18-4-5-19(9-17)37(18)28(39)26-32-14-33-36-26/h2-3,6-7,10-14,17-19H,4-5,8-9,30H2,1H3,(H,32,33,36)/t17?,18-,19+. The Kier molecular flexibility index (Phi) is 5.68. The van der Waals surface area contributed by atoms with Crippen molar-refractivity contribution in [2.75, 3.05) is 12.8 Å². The molecule has 0 spiro atoms. The summed E-state index contributed by atoms with van der Waals surface area (Å²) < 4.78 is 20.8. The molecule has 3 N–H and O–H groups in total. The number of piperidine rings is 1. The fourth-order valence-electron chi connectivity index (χ4n) is 6.15. The Hall–Kier alpha value is -4.87. The van der Waals surface area contributed by atoms with Crippen LogP contribution in [0.15, 0.2) is 55.1 Å². The number of carbonyl (C=O) groups is 1. The van der Waals surface area contributed by atoms with Crippen molar-refractivity contribution < 1.29 is 13.9 Å². The van der Waals surface area contributed by atoms with E-state index in [0.717, 1.165) is 42.5 Å². The number of benzene rings is 1. The number of nitrogens with two attached hydrogens (primary N) is 1. The Bertz CT molecular complexity index is 1700. The SMILES string of the molecule is COc1ccc(-c2ccc(-c3cnn4c(N)cc(C5C[C@H]6CC[C@@H](C5)N6C(=O)c5ncn[nH]5)nc34)cn2)cc1F. The summed E-state index contributed by atoms with van der Waals surface area (Å²) in [5, 5.41) is 11.0. The monoisotopic (exact) mass is 539 g/mol. The first-order chi connectivity index (χ1) is 19.5. The van der Waals surface area contributed by atoms with Crippen molar-refractivity contribution in [3.8, 4) is 28.1 Å². The molecule has 2 bridgehead atoms. The van der Waals surface area contributed by atoms with Gasteiger partial charge in [-0.15, -0.1) is 0 Å². The van der Waals surface area contributed by atoms with Gasteiger partial charge in [-0.05, 0) is 49.9 Å². The van der Waals surface area contributed by atoms with Crippen molar-refractivity contribution in [2.45, 2.75) is 43.7 Å². The van der Waals surface area contributed by atoms with Crippen LogP contribution in [-0.4, -0.2) is 64.8 Å². The van der Waals surface area contributed by atoms with E-state index in [1.165, 1.54) is 19.5 Å². The van der Waals surface area contributed by atoms with Crippen molar-refractivity contribution in [1.29, 1.82) is 0 Å². The smallest absolute Gasteiger partial charge is 0.291 e. The maximum Gasteiger partial charge on any atom is 0.291 e. The number of pyridine rings is 1. The van der Waals surface area contributed by atoms with Crippen molar-refractivity contribution in [2.24, 2.45) is 0 Å². The highest BCUT2D eigenvalue weighted by molar-refractivity contribution is 5.91. The molecule has 6 heterocycles. The van der Waals surface area contributed by atoms with Gasteiger partial charge in [-0.25, -0.2) is 14.4 Å². The summed E-state index contributed by atoms with van der Waals surface area (Å²) in [6.07, 6.45) is 8.32. The number of H-pyrrole nitrogens is 1. The fraction of sp³-hybridized carbons (Fsp3) is 0.286. The van der Waals surface area contributed by atoms with E-state index in [4.69, 9.17) is 15.5 Å². The lowest BCUT2D eigenvalue weighted by Gasteiger charge is -2.38. The maximum atomic E-state index is 14.2. The van der Waals surface area contributed by atoms with Gasteiger partial charge in [0.05, 0.1) is 19.0 Å². The summed E-state index contributed by atoms with van der Waals surface area (Å²) in [6, 6.07) is 10.6. The lowest BCUT2D eigenvalue weighted by molar-refractivity contribution is 0.0557. The molecule has 0 aliphatic carbocycles. The first kappa shape index (κ1) is 24.2. The molecule has 12 heteroatoms. The van der Waals surface area contributed by atoms with Crippen LogP contribution < -0.4 is 10.5 Å². The first-order valence-electron chi connectivity index (χ1n) is 13.1. The summed E-state index contributed by atoms with van der Waals surface area (Å²) in [6.45, 7) is 0. The minimum atomic E-state index is -0.442. The zero-order valence-corrected chi connectivity index (χ0v) is 21.7. The second-order valence-electron chi connectivity index (χ2n) is 10.3. The summed E-state index contributed by atoms with van der Waals surface area (Å²) in [4.78, 5) is 28.6. The molecule has 1 aromatic carbocycles. The predicted molar refractivity (Wildman–Crippen MR) is 144 cm³/mol. The summed E-state index contributed by atoms with van der Waals surface area (Å²) in [7, 11) is 1.43. The quantitative estimate of drug-likeness (QED) is 0.343. The fourth-order valence-corrected chi connectivity index (χ4v) is 6.15. The number of ether oxygens (including phenoxy) is 1. The van der Waals surface area contributed by atoms with Gasteiger partial charge in [-0.2, -0.15) is 14.7 Å². The van der Waals surface area contributed by atoms with Crippen LogP contribution in [-0.2, 0) is 0 Å². The zero-order chi connectivity index (χ0) is 27.4. The van der Waals surface area contributed by atoms with E-state index in [1.807, 2.05) is 23.1 Å². The number of nitrogen functional groups attached to an aromatic ring is 1. The molecule has 1 amide bonds. The number of nitrogens with zero attached hydrogens (tertiary/aromatic N) is 7. The van der Waals surface area contributed by atoms with Crippen molar-refractivity contribution in [1.82, 2.24) is 39.7 Å². The molecule has 5 aromatic rings. The molecule has 1 unspecified atom stereocenters. The summed E-state index contributed by atoms with van der Waals surface area (Å²) >= 11 is 0. The van der Waals surface area contributed by atoms with Gasteiger partial charge < -0.3 is 15.4 Å². The third-order valence-corrected chi connectivity index (χ3v) is 8.04. The van der Waals surface area contributed by atoms with Gasteiger partial charge in [0.15, 0.2) is 17.2 Å². The van der Waals surface area contributed by atoms with E-state index < -0.39 is 5.82 Å². The minimum Gasteiger partial charge on any atom is -0.494 e. The second kappa shape index (κ2) is 9.40. The van der Waals surface area contributed by atoms with E-state index in [1.54, 1.807) is 29.0 Å². The van der Waals surface area contributed by atoms with E-state index in [-0.39, 0.29) is 35.5 Å². The number of carbonyl (C=O) groups excluding carboxylic acids is 1. The molecular weight excluding hydrogens is 513 g/mol. The van der Waals surface area contributed by atoms with Gasteiger partial charge in [0, 0.05) is 52.6 Å². The molecule has 40 heavy (non-hydrogen) atoms. The van der Waals surface area contributed by atoms with Crippen LogP contribution in [0.3, 0.4) is 0 Å². The van der Waals surface area contributed by atoms with Crippen LogP contribution in [0.2, 0.25) is 0 Å². The lowest BCUT2D eigenvalue weighted by atomic mass is 9.87. The van der Waals surface area contributed by atoms with Crippen LogP contribution in [0.1, 0.15) is 47.9 Å². The number of halogens is 1. The predicted octanol–water partition coefficient (Wildman–Crippen LogP) is 3.86.